The first-order valence-electron chi connectivity index (χ1n) is 7.16. The molecule has 2 saturated heterocycles. The van der Waals surface area contributed by atoms with E-state index in [1.54, 1.807) is 0 Å². The maximum atomic E-state index is 3.53. The number of rotatable bonds is 2. The Morgan fingerprint density at radius 1 is 1.17 bits per heavy atom. The Hall–Kier alpha value is -0.860. The zero-order valence-electron chi connectivity index (χ0n) is 11.6. The molecule has 0 radical (unpaired) electrons. The van der Waals surface area contributed by atoms with Gasteiger partial charge in [-0.1, -0.05) is 29.3 Å². The Balaban J connectivity index is 1.67. The van der Waals surface area contributed by atoms with E-state index in [1.165, 1.54) is 55.7 Å². The molecule has 0 bridgehead atoms. The van der Waals surface area contributed by atoms with Crippen molar-refractivity contribution in [2.24, 2.45) is 5.41 Å². The van der Waals surface area contributed by atoms with E-state index in [4.69, 9.17) is 0 Å². The van der Waals surface area contributed by atoms with Crippen molar-refractivity contribution in [3.05, 3.63) is 34.9 Å². The second-order valence-electron chi connectivity index (χ2n) is 6.38. The molecule has 1 spiro atoms. The summed E-state index contributed by atoms with van der Waals surface area (Å²) in [6.45, 7) is 10.5. The van der Waals surface area contributed by atoms with Crippen LogP contribution in [0.3, 0.4) is 0 Å². The topological polar surface area (TPSA) is 15.3 Å². The second-order valence-corrected chi connectivity index (χ2v) is 6.38. The van der Waals surface area contributed by atoms with E-state index in [2.05, 4.69) is 42.3 Å². The maximum Gasteiger partial charge on any atom is 0.0234 e. The van der Waals surface area contributed by atoms with Gasteiger partial charge in [0.15, 0.2) is 0 Å². The van der Waals surface area contributed by atoms with Crippen LogP contribution in [-0.4, -0.2) is 31.1 Å². The lowest BCUT2D eigenvalue weighted by atomic mass is 9.86. The maximum absolute atomic E-state index is 3.53. The van der Waals surface area contributed by atoms with Crippen LogP contribution in [0, 0.1) is 19.3 Å². The van der Waals surface area contributed by atoms with Gasteiger partial charge in [0.05, 0.1) is 0 Å². The highest BCUT2D eigenvalue weighted by molar-refractivity contribution is 5.28. The third kappa shape index (κ3) is 2.45. The molecule has 1 N–H and O–H groups in total. The number of aryl methyl sites for hydroxylation is 2. The van der Waals surface area contributed by atoms with E-state index in [9.17, 15) is 0 Å². The van der Waals surface area contributed by atoms with Crippen molar-refractivity contribution in [3.8, 4) is 0 Å². The predicted octanol–water partition coefficient (Wildman–Crippen LogP) is 2.49. The van der Waals surface area contributed by atoms with Crippen LogP contribution in [0.2, 0.25) is 0 Å². The summed E-state index contributed by atoms with van der Waals surface area (Å²) >= 11 is 0. The summed E-state index contributed by atoms with van der Waals surface area (Å²) in [7, 11) is 0. The molecule has 1 aromatic carbocycles. The van der Waals surface area contributed by atoms with Crippen molar-refractivity contribution in [2.75, 3.05) is 26.2 Å². The molecule has 2 heteroatoms. The van der Waals surface area contributed by atoms with Gasteiger partial charge in [0.2, 0.25) is 0 Å². The number of nitrogens with zero attached hydrogens (tertiary/aromatic N) is 1. The molecule has 2 aliphatic rings. The van der Waals surface area contributed by atoms with E-state index in [1.807, 2.05) is 0 Å². The molecule has 1 atom stereocenters. The number of benzene rings is 1. The lowest BCUT2D eigenvalue weighted by Crippen LogP contribution is -2.28. The molecule has 2 heterocycles. The second kappa shape index (κ2) is 4.67. The van der Waals surface area contributed by atoms with Crippen LogP contribution in [0.15, 0.2) is 18.2 Å². The normalized spacial score (nSPS) is 28.3. The predicted molar refractivity (Wildman–Crippen MR) is 75.7 cm³/mol. The highest BCUT2D eigenvalue weighted by Crippen LogP contribution is 2.36. The van der Waals surface area contributed by atoms with E-state index >= 15 is 0 Å². The van der Waals surface area contributed by atoms with Gasteiger partial charge in [0.25, 0.3) is 0 Å². The number of nitrogens with one attached hydrogen (secondary N) is 1. The third-order valence-electron chi connectivity index (χ3n) is 4.54. The first-order chi connectivity index (χ1) is 8.65. The van der Waals surface area contributed by atoms with Gasteiger partial charge in [-0.15, -0.1) is 0 Å². The van der Waals surface area contributed by atoms with E-state index in [0.717, 1.165) is 6.54 Å². The molecule has 3 rings (SSSR count). The molecule has 0 aliphatic carbocycles. The molecule has 0 aromatic heterocycles. The standard InChI is InChI=1S/C16H24N2/c1-13-7-14(2)9-15(8-13)10-18-6-4-16(12-18)3-5-17-11-16/h7-9,17H,3-6,10-12H2,1-2H3. The lowest BCUT2D eigenvalue weighted by molar-refractivity contribution is 0.268. The lowest BCUT2D eigenvalue weighted by Gasteiger charge is -2.23. The number of likely N-dealkylation sites (tertiary alicyclic amines) is 1. The van der Waals surface area contributed by atoms with Gasteiger partial charge in [0.1, 0.15) is 0 Å². The van der Waals surface area contributed by atoms with E-state index in [-0.39, 0.29) is 0 Å². The van der Waals surface area contributed by atoms with Crippen LogP contribution in [0.25, 0.3) is 0 Å². The van der Waals surface area contributed by atoms with Gasteiger partial charge in [-0.05, 0) is 50.8 Å². The Morgan fingerprint density at radius 2 is 1.94 bits per heavy atom. The Labute approximate surface area is 110 Å². The highest BCUT2D eigenvalue weighted by atomic mass is 15.2. The summed E-state index contributed by atoms with van der Waals surface area (Å²) in [6, 6.07) is 6.94. The molecule has 98 valence electrons. The van der Waals surface area contributed by atoms with Gasteiger partial charge in [0, 0.05) is 19.6 Å². The van der Waals surface area contributed by atoms with Crippen molar-refractivity contribution in [1.82, 2.24) is 10.2 Å². The van der Waals surface area contributed by atoms with Crippen LogP contribution < -0.4 is 5.32 Å². The van der Waals surface area contributed by atoms with Crippen LogP contribution in [0.1, 0.15) is 29.5 Å². The fourth-order valence-corrected chi connectivity index (χ4v) is 3.73. The van der Waals surface area contributed by atoms with E-state index in [0.29, 0.717) is 5.41 Å². The average molecular weight is 244 g/mol. The van der Waals surface area contributed by atoms with Crippen LogP contribution in [0.5, 0.6) is 0 Å². The van der Waals surface area contributed by atoms with E-state index < -0.39 is 0 Å². The van der Waals surface area contributed by atoms with Crippen LogP contribution >= 0.6 is 0 Å². The van der Waals surface area contributed by atoms with Crippen molar-refractivity contribution >= 4 is 0 Å². The molecule has 0 saturated carbocycles. The largest absolute Gasteiger partial charge is 0.316 e. The molecule has 2 fully saturated rings. The van der Waals surface area contributed by atoms with Gasteiger partial charge < -0.3 is 5.32 Å². The summed E-state index contributed by atoms with van der Waals surface area (Å²) in [5.41, 5.74) is 4.86. The smallest absolute Gasteiger partial charge is 0.0234 e. The highest BCUT2D eigenvalue weighted by Gasteiger charge is 2.39. The first-order valence-corrected chi connectivity index (χ1v) is 7.16. The molecule has 2 nitrogen and oxygen atoms in total. The molecule has 1 aromatic rings. The zero-order chi connectivity index (χ0) is 12.6. The van der Waals surface area contributed by atoms with Crippen molar-refractivity contribution in [3.63, 3.8) is 0 Å². The molecule has 2 aliphatic heterocycles. The Bertz CT molecular complexity index is 412. The third-order valence-corrected chi connectivity index (χ3v) is 4.54. The molecular weight excluding hydrogens is 220 g/mol. The minimum absolute atomic E-state index is 0.596. The molecule has 1 unspecified atom stereocenters. The molecular formula is C16H24N2. The van der Waals surface area contributed by atoms with Crippen LogP contribution in [-0.2, 0) is 6.54 Å². The summed E-state index contributed by atoms with van der Waals surface area (Å²) in [4.78, 5) is 2.64. The summed E-state index contributed by atoms with van der Waals surface area (Å²) in [5.74, 6) is 0. The zero-order valence-corrected chi connectivity index (χ0v) is 11.6. The number of hydrogen-bond donors (Lipinski definition) is 1. The van der Waals surface area contributed by atoms with Gasteiger partial charge >= 0.3 is 0 Å². The minimum atomic E-state index is 0.596. The van der Waals surface area contributed by atoms with Crippen molar-refractivity contribution in [1.29, 1.82) is 0 Å². The average Bonchev–Trinajstić information content (AvgIpc) is 2.89. The van der Waals surface area contributed by atoms with Gasteiger partial charge in [-0.3, -0.25) is 4.90 Å². The fraction of sp³-hybridized carbons (Fsp3) is 0.625. The SMILES string of the molecule is Cc1cc(C)cc(CN2CCC3(CCNC3)C2)c1. The molecule has 18 heavy (non-hydrogen) atoms. The van der Waals surface area contributed by atoms with Gasteiger partial charge in [-0.25, -0.2) is 0 Å². The number of hydrogen-bond acceptors (Lipinski definition) is 2. The summed E-state index contributed by atoms with van der Waals surface area (Å²) < 4.78 is 0. The van der Waals surface area contributed by atoms with Gasteiger partial charge in [-0.2, -0.15) is 0 Å². The fourth-order valence-electron chi connectivity index (χ4n) is 3.73. The Kier molecular flexibility index (Phi) is 3.16. The summed E-state index contributed by atoms with van der Waals surface area (Å²) in [5, 5.41) is 3.53. The van der Waals surface area contributed by atoms with Crippen molar-refractivity contribution < 1.29 is 0 Å². The van der Waals surface area contributed by atoms with Crippen molar-refractivity contribution in [2.45, 2.75) is 33.2 Å². The quantitative estimate of drug-likeness (QED) is 0.860. The monoisotopic (exact) mass is 244 g/mol. The first kappa shape index (κ1) is 12.2. The molecule has 0 amide bonds. The van der Waals surface area contributed by atoms with Crippen LogP contribution in [0.4, 0.5) is 0 Å². The minimum Gasteiger partial charge on any atom is -0.316 e. The Morgan fingerprint density at radius 3 is 2.61 bits per heavy atom. The summed E-state index contributed by atoms with van der Waals surface area (Å²) in [6.07, 6.45) is 2.75.